The minimum Gasteiger partial charge on any atom is -0.326 e. The summed E-state index contributed by atoms with van der Waals surface area (Å²) in [4.78, 5) is 6.92. The van der Waals surface area contributed by atoms with Crippen molar-refractivity contribution in [3.8, 4) is 0 Å². The van der Waals surface area contributed by atoms with Gasteiger partial charge in [-0.3, -0.25) is 9.88 Å². The maximum absolute atomic E-state index is 6.06. The van der Waals surface area contributed by atoms with Crippen molar-refractivity contribution in [1.82, 2.24) is 9.88 Å². The first-order valence-corrected chi connectivity index (χ1v) is 6.54. The fraction of sp³-hybridized carbons (Fsp3) is 0.400. The quantitative estimate of drug-likeness (QED) is 0.874. The molecule has 94 valence electrons. The molecular weight excluding hydrogens is 222 g/mol. The van der Waals surface area contributed by atoms with E-state index in [1.165, 1.54) is 10.9 Å². The number of likely N-dealkylation sites (tertiary alicyclic amines) is 1. The van der Waals surface area contributed by atoms with E-state index >= 15 is 0 Å². The van der Waals surface area contributed by atoms with E-state index in [1.807, 2.05) is 18.3 Å². The molecule has 2 unspecified atom stereocenters. The van der Waals surface area contributed by atoms with Gasteiger partial charge < -0.3 is 5.73 Å². The van der Waals surface area contributed by atoms with Crippen LogP contribution in [0.2, 0.25) is 0 Å². The van der Waals surface area contributed by atoms with Crippen LogP contribution in [0.25, 0.3) is 10.9 Å². The summed E-state index contributed by atoms with van der Waals surface area (Å²) in [7, 11) is 0. The van der Waals surface area contributed by atoms with Crippen LogP contribution in [0.15, 0.2) is 36.5 Å². The van der Waals surface area contributed by atoms with Crippen LogP contribution in [0.3, 0.4) is 0 Å². The largest absolute Gasteiger partial charge is 0.326 e. The number of benzene rings is 1. The molecule has 1 fully saturated rings. The Morgan fingerprint density at radius 1 is 1.33 bits per heavy atom. The second-order valence-electron chi connectivity index (χ2n) is 5.37. The summed E-state index contributed by atoms with van der Waals surface area (Å²) in [6, 6.07) is 10.8. The molecule has 0 bridgehead atoms. The lowest BCUT2D eigenvalue weighted by molar-refractivity contribution is 0.318. The Bertz CT molecular complexity index is 542. The molecule has 2 heterocycles. The minimum absolute atomic E-state index is 0.318. The zero-order valence-corrected chi connectivity index (χ0v) is 10.7. The summed E-state index contributed by atoms with van der Waals surface area (Å²) in [6.45, 7) is 5.27. The van der Waals surface area contributed by atoms with Gasteiger partial charge in [0.15, 0.2) is 0 Å². The first kappa shape index (κ1) is 11.6. The molecule has 3 rings (SSSR count). The zero-order valence-electron chi connectivity index (χ0n) is 10.7. The first-order valence-electron chi connectivity index (χ1n) is 6.54. The van der Waals surface area contributed by atoms with Crippen molar-refractivity contribution >= 4 is 10.9 Å². The summed E-state index contributed by atoms with van der Waals surface area (Å²) in [6.07, 6.45) is 1.98. The third-order valence-corrected chi connectivity index (χ3v) is 3.80. The van der Waals surface area contributed by atoms with Gasteiger partial charge in [0.2, 0.25) is 0 Å². The van der Waals surface area contributed by atoms with Gasteiger partial charge in [-0.05, 0) is 23.6 Å². The summed E-state index contributed by atoms with van der Waals surface area (Å²) >= 11 is 0. The van der Waals surface area contributed by atoms with Gasteiger partial charge in [0.05, 0.1) is 5.52 Å². The molecule has 1 aromatic heterocycles. The van der Waals surface area contributed by atoms with Gasteiger partial charge in [0, 0.05) is 37.3 Å². The summed E-state index contributed by atoms with van der Waals surface area (Å²) in [5, 5.41) is 1.21. The zero-order chi connectivity index (χ0) is 12.5. The highest BCUT2D eigenvalue weighted by Crippen LogP contribution is 2.19. The van der Waals surface area contributed by atoms with Crippen molar-refractivity contribution < 1.29 is 0 Å². The van der Waals surface area contributed by atoms with E-state index in [0.29, 0.717) is 12.0 Å². The lowest BCUT2D eigenvalue weighted by Crippen LogP contribution is -2.28. The van der Waals surface area contributed by atoms with E-state index in [0.717, 1.165) is 25.2 Å². The Morgan fingerprint density at radius 3 is 2.94 bits per heavy atom. The predicted octanol–water partition coefficient (Wildman–Crippen LogP) is 2.01. The molecule has 0 aliphatic carbocycles. The highest BCUT2D eigenvalue weighted by molar-refractivity contribution is 5.78. The lowest BCUT2D eigenvalue weighted by atomic mass is 10.1. The van der Waals surface area contributed by atoms with E-state index < -0.39 is 0 Å². The average molecular weight is 241 g/mol. The number of pyridine rings is 1. The van der Waals surface area contributed by atoms with E-state index in [2.05, 4.69) is 35.0 Å². The minimum atomic E-state index is 0.318. The van der Waals surface area contributed by atoms with Crippen LogP contribution in [0.4, 0.5) is 0 Å². The predicted molar refractivity (Wildman–Crippen MR) is 74.2 cm³/mol. The van der Waals surface area contributed by atoms with Crippen LogP contribution >= 0.6 is 0 Å². The lowest BCUT2D eigenvalue weighted by Gasteiger charge is -2.15. The van der Waals surface area contributed by atoms with E-state index in [1.54, 1.807) is 0 Å². The molecule has 1 saturated heterocycles. The van der Waals surface area contributed by atoms with Crippen molar-refractivity contribution in [2.75, 3.05) is 13.1 Å². The van der Waals surface area contributed by atoms with Gasteiger partial charge in [-0.2, -0.15) is 0 Å². The van der Waals surface area contributed by atoms with Gasteiger partial charge in [-0.15, -0.1) is 0 Å². The van der Waals surface area contributed by atoms with Crippen LogP contribution in [0, 0.1) is 5.92 Å². The van der Waals surface area contributed by atoms with Crippen LogP contribution < -0.4 is 5.73 Å². The molecule has 0 amide bonds. The second-order valence-corrected chi connectivity index (χ2v) is 5.37. The van der Waals surface area contributed by atoms with Crippen molar-refractivity contribution in [3.63, 3.8) is 0 Å². The fourth-order valence-corrected chi connectivity index (χ4v) is 2.69. The highest BCUT2D eigenvalue weighted by atomic mass is 15.2. The maximum atomic E-state index is 6.06. The van der Waals surface area contributed by atoms with Gasteiger partial charge in [-0.1, -0.05) is 25.1 Å². The molecule has 0 radical (unpaired) electrons. The maximum Gasteiger partial charge on any atom is 0.0702 e. The molecule has 3 nitrogen and oxygen atoms in total. The third-order valence-electron chi connectivity index (χ3n) is 3.80. The number of hydrogen-bond acceptors (Lipinski definition) is 3. The van der Waals surface area contributed by atoms with Crippen LogP contribution in [0.1, 0.15) is 12.5 Å². The molecule has 1 aliphatic rings. The molecule has 2 N–H and O–H groups in total. The molecular formula is C15H19N3. The van der Waals surface area contributed by atoms with Crippen molar-refractivity contribution in [2.45, 2.75) is 19.5 Å². The van der Waals surface area contributed by atoms with Crippen LogP contribution in [-0.2, 0) is 6.54 Å². The topological polar surface area (TPSA) is 42.2 Å². The van der Waals surface area contributed by atoms with E-state index in [9.17, 15) is 0 Å². The average Bonchev–Trinajstić information content (AvgIpc) is 2.68. The Kier molecular flexibility index (Phi) is 3.02. The van der Waals surface area contributed by atoms with Gasteiger partial charge in [-0.25, -0.2) is 0 Å². The number of hydrogen-bond donors (Lipinski definition) is 1. The molecule has 2 atom stereocenters. The summed E-state index contributed by atoms with van der Waals surface area (Å²) in [5.74, 6) is 0.596. The number of para-hydroxylation sites is 1. The van der Waals surface area contributed by atoms with Crippen molar-refractivity contribution in [2.24, 2.45) is 11.7 Å². The summed E-state index contributed by atoms with van der Waals surface area (Å²) in [5.41, 5.74) is 8.39. The second kappa shape index (κ2) is 4.67. The number of fused-ring (bicyclic) bond motifs is 1. The molecule has 2 aromatic rings. The smallest absolute Gasteiger partial charge is 0.0702 e. The van der Waals surface area contributed by atoms with E-state index in [-0.39, 0.29) is 0 Å². The van der Waals surface area contributed by atoms with Gasteiger partial charge in [0.25, 0.3) is 0 Å². The number of aromatic nitrogens is 1. The van der Waals surface area contributed by atoms with E-state index in [4.69, 9.17) is 5.73 Å². The fourth-order valence-electron chi connectivity index (χ4n) is 2.69. The Balaban J connectivity index is 1.79. The van der Waals surface area contributed by atoms with Crippen LogP contribution in [-0.4, -0.2) is 29.0 Å². The van der Waals surface area contributed by atoms with Gasteiger partial charge in [0.1, 0.15) is 0 Å². The molecule has 3 heteroatoms. The number of nitrogens with zero attached hydrogens (tertiary/aromatic N) is 2. The Morgan fingerprint density at radius 2 is 2.17 bits per heavy atom. The Hall–Kier alpha value is -1.45. The third kappa shape index (κ3) is 2.24. The standard InChI is InChI=1S/C15H19N3/c1-11-8-18(10-14(11)16)9-12-6-13-4-2-3-5-15(13)17-7-12/h2-7,11,14H,8-10,16H2,1H3. The molecule has 18 heavy (non-hydrogen) atoms. The first-order chi connectivity index (χ1) is 8.72. The van der Waals surface area contributed by atoms with Crippen molar-refractivity contribution in [1.29, 1.82) is 0 Å². The molecule has 1 aromatic carbocycles. The number of nitrogens with two attached hydrogens (primary N) is 1. The monoisotopic (exact) mass is 241 g/mol. The molecule has 1 aliphatic heterocycles. The Labute approximate surface area is 108 Å². The SMILES string of the molecule is CC1CN(Cc2cnc3ccccc3c2)CC1N. The summed E-state index contributed by atoms with van der Waals surface area (Å²) < 4.78 is 0. The van der Waals surface area contributed by atoms with Gasteiger partial charge >= 0.3 is 0 Å². The highest BCUT2D eigenvalue weighted by Gasteiger charge is 2.26. The molecule has 0 saturated carbocycles. The number of rotatable bonds is 2. The van der Waals surface area contributed by atoms with Crippen molar-refractivity contribution in [3.05, 3.63) is 42.1 Å². The normalized spacial score (nSPS) is 24.8. The molecule has 0 spiro atoms. The van der Waals surface area contributed by atoms with Crippen LogP contribution in [0.5, 0.6) is 0 Å².